The SMILES string of the molecule is CC=N/C(=C\C=C\Br)C1=NOC(C2COC(C)(C)O2)C1. The van der Waals surface area contributed by atoms with Crippen molar-refractivity contribution in [2.75, 3.05) is 6.61 Å². The maximum atomic E-state index is 5.80. The van der Waals surface area contributed by atoms with Gasteiger partial charge in [-0.25, -0.2) is 0 Å². The Balaban J connectivity index is 2.00. The van der Waals surface area contributed by atoms with Gasteiger partial charge in [0.1, 0.15) is 11.8 Å². The molecule has 2 atom stereocenters. The van der Waals surface area contributed by atoms with Gasteiger partial charge in [-0.15, -0.1) is 0 Å². The molecule has 110 valence electrons. The fourth-order valence-electron chi connectivity index (χ4n) is 2.13. The molecule has 0 bridgehead atoms. The van der Waals surface area contributed by atoms with E-state index in [-0.39, 0.29) is 12.2 Å². The highest BCUT2D eigenvalue weighted by atomic mass is 79.9. The molecule has 0 aromatic carbocycles. The van der Waals surface area contributed by atoms with Crippen LogP contribution in [0.4, 0.5) is 0 Å². The van der Waals surface area contributed by atoms with E-state index in [9.17, 15) is 0 Å². The second-order valence-corrected chi connectivity index (χ2v) is 5.54. The van der Waals surface area contributed by atoms with Crippen molar-refractivity contribution < 1.29 is 14.3 Å². The zero-order valence-corrected chi connectivity index (χ0v) is 13.5. The van der Waals surface area contributed by atoms with Crippen molar-refractivity contribution in [3.8, 4) is 0 Å². The Morgan fingerprint density at radius 1 is 1.45 bits per heavy atom. The minimum Gasteiger partial charge on any atom is -0.389 e. The maximum absolute atomic E-state index is 5.80. The van der Waals surface area contributed by atoms with E-state index in [1.54, 1.807) is 11.2 Å². The van der Waals surface area contributed by atoms with Gasteiger partial charge in [-0.05, 0) is 31.8 Å². The molecule has 6 heteroatoms. The lowest BCUT2D eigenvalue weighted by atomic mass is 10.1. The highest BCUT2D eigenvalue weighted by molar-refractivity contribution is 9.11. The van der Waals surface area contributed by atoms with Crippen LogP contribution >= 0.6 is 15.9 Å². The van der Waals surface area contributed by atoms with E-state index in [0.29, 0.717) is 13.0 Å². The van der Waals surface area contributed by atoms with E-state index < -0.39 is 5.79 Å². The highest BCUT2D eigenvalue weighted by Crippen LogP contribution is 2.29. The Morgan fingerprint density at radius 2 is 2.25 bits per heavy atom. The lowest BCUT2D eigenvalue weighted by Crippen LogP contribution is -2.31. The summed E-state index contributed by atoms with van der Waals surface area (Å²) in [6.45, 7) is 6.20. The summed E-state index contributed by atoms with van der Waals surface area (Å²) in [6.07, 6.45) is 5.94. The van der Waals surface area contributed by atoms with Gasteiger partial charge < -0.3 is 14.3 Å². The molecule has 20 heavy (non-hydrogen) atoms. The van der Waals surface area contributed by atoms with Crippen LogP contribution in [0.25, 0.3) is 0 Å². The summed E-state index contributed by atoms with van der Waals surface area (Å²) in [5.41, 5.74) is 1.62. The molecule has 0 aromatic rings. The van der Waals surface area contributed by atoms with E-state index in [4.69, 9.17) is 14.3 Å². The van der Waals surface area contributed by atoms with E-state index in [1.807, 2.05) is 32.9 Å². The summed E-state index contributed by atoms with van der Waals surface area (Å²) >= 11 is 3.23. The molecule has 5 nitrogen and oxygen atoms in total. The normalized spacial score (nSPS) is 30.2. The zero-order chi connectivity index (χ0) is 14.6. The van der Waals surface area contributed by atoms with E-state index in [1.165, 1.54) is 0 Å². The number of nitrogens with zero attached hydrogens (tertiary/aromatic N) is 2. The van der Waals surface area contributed by atoms with Crippen molar-refractivity contribution in [2.24, 2.45) is 10.1 Å². The van der Waals surface area contributed by atoms with Crippen LogP contribution in [0.3, 0.4) is 0 Å². The predicted octanol–water partition coefficient (Wildman–Crippen LogP) is 3.17. The summed E-state index contributed by atoms with van der Waals surface area (Å²) in [5.74, 6) is -0.546. The Labute approximate surface area is 127 Å². The fraction of sp³-hybridized carbons (Fsp3) is 0.571. The summed E-state index contributed by atoms with van der Waals surface area (Å²) in [7, 11) is 0. The molecular weight excluding hydrogens is 324 g/mol. The third-order valence-corrected chi connectivity index (χ3v) is 3.33. The summed E-state index contributed by atoms with van der Waals surface area (Å²) in [6, 6.07) is 0. The van der Waals surface area contributed by atoms with Crippen LogP contribution in [0, 0.1) is 0 Å². The molecule has 0 saturated carbocycles. The minimum absolute atomic E-state index is 0.0928. The van der Waals surface area contributed by atoms with Crippen molar-refractivity contribution in [2.45, 2.75) is 45.2 Å². The third-order valence-electron chi connectivity index (χ3n) is 3.03. The van der Waals surface area contributed by atoms with Crippen molar-refractivity contribution in [1.82, 2.24) is 0 Å². The first-order chi connectivity index (χ1) is 9.55. The molecular formula is C14H19BrN2O3. The maximum Gasteiger partial charge on any atom is 0.163 e. The minimum atomic E-state index is -0.546. The number of rotatable bonds is 4. The van der Waals surface area contributed by atoms with Gasteiger partial charge in [0, 0.05) is 12.6 Å². The van der Waals surface area contributed by atoms with Crippen LogP contribution in [0.1, 0.15) is 27.2 Å². The molecule has 0 aromatic heterocycles. The monoisotopic (exact) mass is 342 g/mol. The van der Waals surface area contributed by atoms with E-state index in [2.05, 4.69) is 26.1 Å². The smallest absolute Gasteiger partial charge is 0.163 e. The average Bonchev–Trinajstić information content (AvgIpc) is 3.01. The second kappa shape index (κ2) is 6.65. The number of hydrogen-bond donors (Lipinski definition) is 0. The number of hydrogen-bond acceptors (Lipinski definition) is 5. The van der Waals surface area contributed by atoms with Crippen molar-refractivity contribution in [1.29, 1.82) is 0 Å². The first kappa shape index (κ1) is 15.4. The molecule has 2 aliphatic heterocycles. The summed E-state index contributed by atoms with van der Waals surface area (Å²) < 4.78 is 11.4. The third kappa shape index (κ3) is 3.77. The molecule has 0 amide bonds. The topological polar surface area (TPSA) is 52.4 Å². The first-order valence-electron chi connectivity index (χ1n) is 6.56. The first-order valence-corrected chi connectivity index (χ1v) is 7.48. The molecule has 1 fully saturated rings. The Bertz CT molecular complexity index is 469. The zero-order valence-electron chi connectivity index (χ0n) is 11.9. The molecule has 0 spiro atoms. The quantitative estimate of drug-likeness (QED) is 0.582. The van der Waals surface area contributed by atoms with Gasteiger partial charge in [-0.2, -0.15) is 0 Å². The molecule has 2 aliphatic rings. The number of aliphatic imine (C=N–C) groups is 1. The Hall–Kier alpha value is -0.980. The summed E-state index contributed by atoms with van der Waals surface area (Å²) in [4.78, 5) is 11.6. The van der Waals surface area contributed by atoms with Crippen LogP contribution < -0.4 is 0 Å². The molecule has 0 N–H and O–H groups in total. The van der Waals surface area contributed by atoms with Gasteiger partial charge in [-0.3, -0.25) is 4.99 Å². The largest absolute Gasteiger partial charge is 0.389 e. The lowest BCUT2D eigenvalue weighted by Gasteiger charge is -2.19. The van der Waals surface area contributed by atoms with Crippen LogP contribution in [0.2, 0.25) is 0 Å². The van der Waals surface area contributed by atoms with Crippen LogP contribution in [-0.4, -0.2) is 36.5 Å². The van der Waals surface area contributed by atoms with Gasteiger partial charge >= 0.3 is 0 Å². The fourth-order valence-corrected chi connectivity index (χ4v) is 2.28. The van der Waals surface area contributed by atoms with Crippen molar-refractivity contribution in [3.63, 3.8) is 0 Å². The van der Waals surface area contributed by atoms with E-state index >= 15 is 0 Å². The molecule has 0 radical (unpaired) electrons. The standard InChI is InChI=1S/C14H19BrN2O3/c1-4-16-10(6-5-7-15)11-8-12(20-17-11)13-9-18-14(2,3)19-13/h4-7,12-13H,8-9H2,1-3H3/b7-5+,10-6-,16-4?. The number of allylic oxidation sites excluding steroid dienone is 3. The van der Waals surface area contributed by atoms with Gasteiger partial charge in [-0.1, -0.05) is 27.2 Å². The van der Waals surface area contributed by atoms with Gasteiger partial charge in [0.2, 0.25) is 0 Å². The molecule has 1 saturated heterocycles. The van der Waals surface area contributed by atoms with Gasteiger partial charge in [0.05, 0.1) is 12.3 Å². The average molecular weight is 343 g/mol. The molecule has 0 aliphatic carbocycles. The number of oxime groups is 1. The Morgan fingerprint density at radius 3 is 2.85 bits per heavy atom. The Kier molecular flexibility index (Phi) is 5.12. The van der Waals surface area contributed by atoms with Crippen molar-refractivity contribution in [3.05, 3.63) is 22.8 Å². The molecule has 2 rings (SSSR count). The van der Waals surface area contributed by atoms with Crippen LogP contribution in [0.5, 0.6) is 0 Å². The number of ether oxygens (including phenoxy) is 2. The van der Waals surface area contributed by atoms with Gasteiger partial charge in [0.15, 0.2) is 11.9 Å². The van der Waals surface area contributed by atoms with Crippen LogP contribution in [0.15, 0.2) is 33.0 Å². The molecule has 2 unspecified atom stereocenters. The van der Waals surface area contributed by atoms with Crippen molar-refractivity contribution >= 4 is 27.9 Å². The second-order valence-electron chi connectivity index (χ2n) is 5.01. The van der Waals surface area contributed by atoms with Gasteiger partial charge in [0.25, 0.3) is 0 Å². The molecule has 2 heterocycles. The van der Waals surface area contributed by atoms with E-state index in [0.717, 1.165) is 11.4 Å². The lowest BCUT2D eigenvalue weighted by molar-refractivity contribution is -0.153. The predicted molar refractivity (Wildman–Crippen MR) is 82.1 cm³/mol. The number of halogens is 1. The summed E-state index contributed by atoms with van der Waals surface area (Å²) in [5, 5.41) is 4.13. The van der Waals surface area contributed by atoms with Crippen LogP contribution in [-0.2, 0) is 14.3 Å². The highest BCUT2D eigenvalue weighted by Gasteiger charge is 2.41.